The highest BCUT2D eigenvalue weighted by Gasteiger charge is 2.25. The highest BCUT2D eigenvalue weighted by atomic mass is 31.2. The average Bonchev–Trinajstić information content (AvgIpc) is 3.02. The van der Waals surface area contributed by atoms with Gasteiger partial charge < -0.3 is 20.1 Å². The molecule has 3 N–H and O–H groups in total. The third-order valence-electron chi connectivity index (χ3n) is 7.99. The number of unbranched alkanes of at least 4 members (excludes halogenated alkanes) is 22. The summed E-state index contributed by atoms with van der Waals surface area (Å²) in [6.45, 7) is 3.71. The van der Waals surface area contributed by atoms with Crippen molar-refractivity contribution in [3.8, 4) is 0 Å². The maximum absolute atomic E-state index is 12.4. The molecule has 10 heteroatoms. The van der Waals surface area contributed by atoms with Crippen LogP contribution in [0.5, 0.6) is 0 Å². The average molecular weight is 664 g/mol. The molecule has 0 saturated carbocycles. The molecule has 9 nitrogen and oxygen atoms in total. The zero-order valence-corrected chi connectivity index (χ0v) is 30.0. The third kappa shape index (κ3) is 32.7. The van der Waals surface area contributed by atoms with Crippen LogP contribution in [0.4, 0.5) is 0 Å². The van der Waals surface area contributed by atoms with Gasteiger partial charge in [-0.2, -0.15) is 0 Å². The standard InChI is InChI=1S/C35H70NO8P/c1-3-5-7-9-11-13-14-15-16-17-18-20-21-23-25-27-34(37)41-31-33(32-43-45(39,40)42-30-29-36)44-35(38)28-26-24-22-19-12-10-8-6-4-2/h33H,3-32,36H2,1-2H3,(H,39,40)/t33-/m0/s1. The predicted octanol–water partition coefficient (Wildman–Crippen LogP) is 9.72. The summed E-state index contributed by atoms with van der Waals surface area (Å²) in [5, 5.41) is 0. The van der Waals surface area contributed by atoms with Crippen molar-refractivity contribution in [2.75, 3.05) is 26.4 Å². The van der Waals surface area contributed by atoms with E-state index in [2.05, 4.69) is 13.8 Å². The van der Waals surface area contributed by atoms with Crippen LogP contribution in [-0.2, 0) is 32.7 Å². The van der Waals surface area contributed by atoms with Crippen LogP contribution in [0.1, 0.15) is 181 Å². The normalized spacial score (nSPS) is 13.4. The quantitative estimate of drug-likeness (QED) is 0.0386. The van der Waals surface area contributed by atoms with Crippen LogP contribution < -0.4 is 5.73 Å². The van der Waals surface area contributed by atoms with Crippen molar-refractivity contribution in [3.63, 3.8) is 0 Å². The van der Waals surface area contributed by atoms with Crippen LogP contribution in [0.3, 0.4) is 0 Å². The molecule has 0 aromatic rings. The molecule has 1 unspecified atom stereocenters. The van der Waals surface area contributed by atoms with E-state index in [1.54, 1.807) is 0 Å². The number of carbonyl (C=O) groups excluding carboxylic acids is 2. The zero-order chi connectivity index (χ0) is 33.3. The minimum absolute atomic E-state index is 0.0575. The third-order valence-corrected chi connectivity index (χ3v) is 8.98. The zero-order valence-electron chi connectivity index (χ0n) is 29.1. The fraction of sp³-hybridized carbons (Fsp3) is 0.943. The van der Waals surface area contributed by atoms with E-state index in [0.717, 1.165) is 32.1 Å². The van der Waals surface area contributed by atoms with E-state index in [4.69, 9.17) is 24.3 Å². The summed E-state index contributed by atoms with van der Waals surface area (Å²) < 4.78 is 32.5. The summed E-state index contributed by atoms with van der Waals surface area (Å²) in [5.41, 5.74) is 5.32. The Labute approximate surface area is 276 Å². The molecule has 0 aromatic heterocycles. The van der Waals surface area contributed by atoms with Crippen LogP contribution in [0.2, 0.25) is 0 Å². The largest absolute Gasteiger partial charge is 0.472 e. The maximum Gasteiger partial charge on any atom is 0.472 e. The number of nitrogens with two attached hydrogens (primary N) is 1. The lowest BCUT2D eigenvalue weighted by Gasteiger charge is -2.19. The van der Waals surface area contributed by atoms with Gasteiger partial charge in [-0.25, -0.2) is 4.57 Å². The van der Waals surface area contributed by atoms with Crippen LogP contribution >= 0.6 is 7.82 Å². The Morgan fingerprint density at radius 3 is 1.36 bits per heavy atom. The van der Waals surface area contributed by atoms with Crippen molar-refractivity contribution >= 4 is 19.8 Å². The first-order chi connectivity index (χ1) is 21.8. The van der Waals surface area contributed by atoms with E-state index in [0.29, 0.717) is 6.42 Å². The second-order valence-electron chi connectivity index (χ2n) is 12.5. The fourth-order valence-corrected chi connectivity index (χ4v) is 5.99. The lowest BCUT2D eigenvalue weighted by Crippen LogP contribution is -2.29. The number of phosphoric acid groups is 1. The molecule has 0 aliphatic heterocycles. The molecule has 45 heavy (non-hydrogen) atoms. The molecule has 0 aliphatic rings. The molecule has 0 fully saturated rings. The summed E-state index contributed by atoms with van der Waals surface area (Å²) in [6, 6.07) is 0. The van der Waals surface area contributed by atoms with Gasteiger partial charge in [0, 0.05) is 19.4 Å². The monoisotopic (exact) mass is 663 g/mol. The Morgan fingerprint density at radius 2 is 0.956 bits per heavy atom. The van der Waals surface area contributed by atoms with Crippen molar-refractivity contribution < 1.29 is 37.6 Å². The Hall–Kier alpha value is -0.990. The van der Waals surface area contributed by atoms with Gasteiger partial charge in [0.05, 0.1) is 13.2 Å². The number of hydrogen-bond acceptors (Lipinski definition) is 8. The van der Waals surface area contributed by atoms with Crippen molar-refractivity contribution in [2.24, 2.45) is 5.73 Å². The summed E-state index contributed by atoms with van der Waals surface area (Å²) >= 11 is 0. The van der Waals surface area contributed by atoms with Gasteiger partial charge in [-0.05, 0) is 12.8 Å². The van der Waals surface area contributed by atoms with E-state index in [-0.39, 0.29) is 38.6 Å². The van der Waals surface area contributed by atoms with Gasteiger partial charge in [-0.1, -0.05) is 155 Å². The van der Waals surface area contributed by atoms with Crippen molar-refractivity contribution in [1.82, 2.24) is 0 Å². The second kappa shape index (κ2) is 32.9. The van der Waals surface area contributed by atoms with Gasteiger partial charge in [0.1, 0.15) is 6.61 Å². The molecule has 0 spiro atoms. The van der Waals surface area contributed by atoms with Crippen molar-refractivity contribution in [3.05, 3.63) is 0 Å². The molecule has 0 bridgehead atoms. The highest BCUT2D eigenvalue weighted by molar-refractivity contribution is 7.47. The Kier molecular flexibility index (Phi) is 32.2. The smallest absolute Gasteiger partial charge is 0.462 e. The van der Waals surface area contributed by atoms with E-state index in [1.807, 2.05) is 0 Å². The first-order valence-corrected chi connectivity index (χ1v) is 20.0. The molecule has 0 aliphatic carbocycles. The number of phosphoric ester groups is 1. The summed E-state index contributed by atoms with van der Waals surface area (Å²) in [4.78, 5) is 34.6. The SMILES string of the molecule is CCCCCCCCCCCCCCCCCC(=O)OC[C@@H](COP(=O)(O)OCCN)OC(=O)CCCCCCCCCCC. The lowest BCUT2D eigenvalue weighted by molar-refractivity contribution is -0.161. The Morgan fingerprint density at radius 1 is 0.578 bits per heavy atom. The molecule has 0 rings (SSSR count). The molecule has 0 amide bonds. The fourth-order valence-electron chi connectivity index (χ4n) is 5.22. The first kappa shape index (κ1) is 44.0. The van der Waals surface area contributed by atoms with Gasteiger partial charge >= 0.3 is 19.8 Å². The molecular weight excluding hydrogens is 593 g/mol. The van der Waals surface area contributed by atoms with E-state index >= 15 is 0 Å². The minimum Gasteiger partial charge on any atom is -0.462 e. The van der Waals surface area contributed by atoms with E-state index < -0.39 is 26.5 Å². The molecular formula is C35H70NO8P. The van der Waals surface area contributed by atoms with E-state index in [9.17, 15) is 19.0 Å². The number of esters is 2. The first-order valence-electron chi connectivity index (χ1n) is 18.5. The van der Waals surface area contributed by atoms with Gasteiger partial charge in [0.15, 0.2) is 6.10 Å². The van der Waals surface area contributed by atoms with Crippen LogP contribution in [0.15, 0.2) is 0 Å². The van der Waals surface area contributed by atoms with Gasteiger partial charge in [0.2, 0.25) is 0 Å². The van der Waals surface area contributed by atoms with E-state index in [1.165, 1.54) is 116 Å². The van der Waals surface area contributed by atoms with Crippen molar-refractivity contribution in [1.29, 1.82) is 0 Å². The van der Waals surface area contributed by atoms with Crippen LogP contribution in [-0.4, -0.2) is 49.3 Å². The molecule has 0 heterocycles. The summed E-state index contributed by atoms with van der Waals surface area (Å²) in [5.74, 6) is -0.822. The number of ether oxygens (including phenoxy) is 2. The molecule has 0 aromatic carbocycles. The van der Waals surface area contributed by atoms with Gasteiger partial charge in [-0.15, -0.1) is 0 Å². The molecule has 268 valence electrons. The highest BCUT2D eigenvalue weighted by Crippen LogP contribution is 2.43. The topological polar surface area (TPSA) is 134 Å². The minimum atomic E-state index is -4.36. The molecule has 0 saturated heterocycles. The second-order valence-corrected chi connectivity index (χ2v) is 13.9. The summed E-state index contributed by atoms with van der Waals surface area (Å²) in [6.07, 6.45) is 28.5. The maximum atomic E-state index is 12.4. The number of rotatable bonds is 35. The van der Waals surface area contributed by atoms with Gasteiger partial charge in [0.25, 0.3) is 0 Å². The Bertz CT molecular complexity index is 724. The van der Waals surface area contributed by atoms with Crippen molar-refractivity contribution in [2.45, 2.75) is 187 Å². The predicted molar refractivity (Wildman–Crippen MR) is 183 cm³/mol. The number of hydrogen-bond donors (Lipinski definition) is 2. The molecule has 2 atom stereocenters. The lowest BCUT2D eigenvalue weighted by atomic mass is 10.0. The molecule has 0 radical (unpaired) electrons. The summed E-state index contributed by atoms with van der Waals surface area (Å²) in [7, 11) is -4.36. The Balaban J connectivity index is 4.15. The van der Waals surface area contributed by atoms with Crippen LogP contribution in [0.25, 0.3) is 0 Å². The van der Waals surface area contributed by atoms with Gasteiger partial charge in [-0.3, -0.25) is 18.6 Å². The number of carbonyl (C=O) groups is 2. The van der Waals surface area contributed by atoms with Crippen LogP contribution in [0, 0.1) is 0 Å².